The number of fused-ring (bicyclic) bond motifs is 2. The number of benzene rings is 2. The number of aryl methyl sites for hydroxylation is 4. The van der Waals surface area contributed by atoms with E-state index in [0.717, 1.165) is 61.9 Å². The van der Waals surface area contributed by atoms with Gasteiger partial charge in [0.25, 0.3) is 5.91 Å². The minimum Gasteiger partial charge on any atom is -0.379 e. The molecule has 3 aromatic rings. The Balaban J connectivity index is 1.47. The molecule has 5 rings (SSSR count). The zero-order valence-electron chi connectivity index (χ0n) is 19.0. The molecule has 0 bridgehead atoms. The van der Waals surface area contributed by atoms with Gasteiger partial charge in [0.1, 0.15) is 0 Å². The highest BCUT2D eigenvalue weighted by Crippen LogP contribution is 2.33. The number of hydrogen-bond donors (Lipinski definition) is 0. The molecule has 0 unspecified atom stereocenters. The van der Waals surface area contributed by atoms with Gasteiger partial charge < -0.3 is 4.74 Å². The summed E-state index contributed by atoms with van der Waals surface area (Å²) >= 11 is 1.63. The minimum atomic E-state index is 0.0556. The number of thiazole rings is 1. The van der Waals surface area contributed by atoms with Crippen LogP contribution < -0.4 is 4.90 Å². The van der Waals surface area contributed by atoms with Crippen molar-refractivity contribution in [2.75, 3.05) is 44.3 Å². The standard InChI is InChI=1S/C26H31N3O2S/c1-18-15-19(2)24-23(16-18)27-26(32-24)29(10-9-28-11-13-31-14-12-28)25(30)22-8-7-20-5-3-4-6-21(20)17-22/h7-8,15-17H,3-6,9-14H2,1-2H3. The van der Waals surface area contributed by atoms with E-state index in [2.05, 4.69) is 43.0 Å². The van der Waals surface area contributed by atoms with E-state index in [1.54, 1.807) is 11.3 Å². The molecular formula is C26H31N3O2S. The Bertz CT molecular complexity index is 1130. The monoisotopic (exact) mass is 449 g/mol. The summed E-state index contributed by atoms with van der Waals surface area (Å²) in [6.45, 7) is 9.04. The van der Waals surface area contributed by atoms with Gasteiger partial charge in [0.2, 0.25) is 0 Å². The van der Waals surface area contributed by atoms with Crippen LogP contribution in [0, 0.1) is 13.8 Å². The Morgan fingerprint density at radius 3 is 2.69 bits per heavy atom. The maximum Gasteiger partial charge on any atom is 0.260 e. The van der Waals surface area contributed by atoms with Crippen LogP contribution in [0.15, 0.2) is 30.3 Å². The zero-order chi connectivity index (χ0) is 22.1. The lowest BCUT2D eigenvalue weighted by Gasteiger charge is -2.29. The fourth-order valence-electron chi connectivity index (χ4n) is 4.85. The summed E-state index contributed by atoms with van der Waals surface area (Å²) in [5.74, 6) is 0.0556. The SMILES string of the molecule is Cc1cc(C)c2sc(N(CCN3CCOCC3)C(=O)c3ccc4c(c3)CCCC4)nc2c1. The number of aromatic nitrogens is 1. The predicted molar refractivity (Wildman–Crippen MR) is 131 cm³/mol. The van der Waals surface area contributed by atoms with Crippen molar-refractivity contribution >= 4 is 32.6 Å². The van der Waals surface area contributed by atoms with Gasteiger partial charge >= 0.3 is 0 Å². The van der Waals surface area contributed by atoms with E-state index in [-0.39, 0.29) is 5.91 Å². The van der Waals surface area contributed by atoms with Gasteiger partial charge in [0.15, 0.2) is 5.13 Å². The van der Waals surface area contributed by atoms with Crippen LogP contribution in [0.1, 0.15) is 45.5 Å². The van der Waals surface area contributed by atoms with Crippen LogP contribution in [0.2, 0.25) is 0 Å². The molecule has 0 saturated carbocycles. The number of rotatable bonds is 5. The summed E-state index contributed by atoms with van der Waals surface area (Å²) < 4.78 is 6.66. The van der Waals surface area contributed by atoms with E-state index in [1.165, 1.54) is 39.8 Å². The summed E-state index contributed by atoms with van der Waals surface area (Å²) in [5, 5.41) is 0.796. The van der Waals surface area contributed by atoms with E-state index < -0.39 is 0 Å². The maximum absolute atomic E-state index is 13.8. The van der Waals surface area contributed by atoms with Crippen molar-refractivity contribution in [1.82, 2.24) is 9.88 Å². The lowest BCUT2D eigenvalue weighted by Crippen LogP contribution is -2.43. The van der Waals surface area contributed by atoms with E-state index in [9.17, 15) is 4.79 Å². The first-order chi connectivity index (χ1) is 15.6. The summed E-state index contributed by atoms with van der Waals surface area (Å²) in [4.78, 5) is 23.0. The number of anilines is 1. The zero-order valence-corrected chi connectivity index (χ0v) is 19.8. The average Bonchev–Trinajstić information content (AvgIpc) is 3.23. The largest absolute Gasteiger partial charge is 0.379 e. The van der Waals surface area contributed by atoms with Crippen LogP contribution in [0.5, 0.6) is 0 Å². The smallest absolute Gasteiger partial charge is 0.260 e. The van der Waals surface area contributed by atoms with Gasteiger partial charge in [-0.05, 0) is 80.0 Å². The maximum atomic E-state index is 13.8. The van der Waals surface area contributed by atoms with Gasteiger partial charge in [-0.15, -0.1) is 0 Å². The van der Waals surface area contributed by atoms with E-state index in [0.29, 0.717) is 6.54 Å². The van der Waals surface area contributed by atoms with Crippen molar-refractivity contribution in [3.8, 4) is 0 Å². The van der Waals surface area contributed by atoms with E-state index in [4.69, 9.17) is 9.72 Å². The summed E-state index contributed by atoms with van der Waals surface area (Å²) in [5.41, 5.74) is 6.92. The quantitative estimate of drug-likeness (QED) is 0.563. The van der Waals surface area contributed by atoms with Gasteiger partial charge in [-0.1, -0.05) is 23.5 Å². The van der Waals surface area contributed by atoms with Crippen molar-refractivity contribution in [3.05, 3.63) is 58.1 Å². The van der Waals surface area contributed by atoms with Crippen molar-refractivity contribution in [2.24, 2.45) is 0 Å². The van der Waals surface area contributed by atoms with Crippen LogP contribution in [0.4, 0.5) is 5.13 Å². The summed E-state index contributed by atoms with van der Waals surface area (Å²) in [6.07, 6.45) is 4.66. The second-order valence-electron chi connectivity index (χ2n) is 9.03. The molecule has 2 aliphatic rings. The second-order valence-corrected chi connectivity index (χ2v) is 10.0. The van der Waals surface area contributed by atoms with Crippen LogP contribution in [0.3, 0.4) is 0 Å². The van der Waals surface area contributed by atoms with Crippen molar-refractivity contribution in [2.45, 2.75) is 39.5 Å². The second kappa shape index (κ2) is 9.30. The third-order valence-electron chi connectivity index (χ3n) is 6.62. The van der Waals surface area contributed by atoms with Crippen molar-refractivity contribution < 1.29 is 9.53 Å². The molecule has 1 fully saturated rings. The lowest BCUT2D eigenvalue weighted by molar-refractivity contribution is 0.0391. The molecule has 0 atom stereocenters. The number of carbonyl (C=O) groups excluding carboxylic acids is 1. The number of hydrogen-bond acceptors (Lipinski definition) is 5. The molecule has 6 heteroatoms. The first-order valence-electron chi connectivity index (χ1n) is 11.7. The van der Waals surface area contributed by atoms with Crippen molar-refractivity contribution in [1.29, 1.82) is 0 Å². The fraction of sp³-hybridized carbons (Fsp3) is 0.462. The van der Waals surface area contributed by atoms with E-state index in [1.807, 2.05) is 11.0 Å². The third-order valence-corrected chi connectivity index (χ3v) is 7.85. The highest BCUT2D eigenvalue weighted by Gasteiger charge is 2.24. The van der Waals surface area contributed by atoms with Gasteiger partial charge in [-0.2, -0.15) is 0 Å². The van der Waals surface area contributed by atoms with E-state index >= 15 is 0 Å². The highest BCUT2D eigenvalue weighted by atomic mass is 32.1. The van der Waals surface area contributed by atoms with Crippen LogP contribution >= 0.6 is 11.3 Å². The molecule has 1 aromatic heterocycles. The Morgan fingerprint density at radius 1 is 1.09 bits per heavy atom. The molecule has 0 N–H and O–H groups in total. The van der Waals surface area contributed by atoms with Gasteiger partial charge in [-0.25, -0.2) is 4.98 Å². The number of amides is 1. The fourth-order valence-corrected chi connectivity index (χ4v) is 5.89. The molecule has 1 aliphatic heterocycles. The molecule has 0 radical (unpaired) electrons. The Kier molecular flexibility index (Phi) is 6.26. The first kappa shape index (κ1) is 21.6. The molecule has 2 heterocycles. The van der Waals surface area contributed by atoms with Gasteiger partial charge in [0.05, 0.1) is 23.4 Å². The third kappa shape index (κ3) is 4.45. The Labute approximate surface area is 194 Å². The van der Waals surface area contributed by atoms with Crippen molar-refractivity contribution in [3.63, 3.8) is 0 Å². The number of ether oxygens (including phenoxy) is 1. The molecule has 32 heavy (non-hydrogen) atoms. The molecule has 1 saturated heterocycles. The highest BCUT2D eigenvalue weighted by molar-refractivity contribution is 7.22. The molecule has 2 aromatic carbocycles. The molecular weight excluding hydrogens is 418 g/mol. The van der Waals surface area contributed by atoms with Gasteiger partial charge in [0, 0.05) is 31.7 Å². The Morgan fingerprint density at radius 2 is 1.88 bits per heavy atom. The number of morpholine rings is 1. The molecule has 0 spiro atoms. The predicted octanol–water partition coefficient (Wildman–Crippen LogP) is 4.77. The topological polar surface area (TPSA) is 45.7 Å². The minimum absolute atomic E-state index is 0.0556. The Hall–Kier alpha value is -2.28. The van der Waals surface area contributed by atoms with Crippen LogP contribution in [-0.4, -0.2) is 55.2 Å². The van der Waals surface area contributed by atoms with Crippen LogP contribution in [-0.2, 0) is 17.6 Å². The number of nitrogens with zero attached hydrogens (tertiary/aromatic N) is 3. The lowest BCUT2D eigenvalue weighted by atomic mass is 9.90. The summed E-state index contributed by atoms with van der Waals surface area (Å²) in [6, 6.07) is 10.6. The molecule has 5 nitrogen and oxygen atoms in total. The molecule has 1 amide bonds. The molecule has 168 valence electrons. The number of carbonyl (C=O) groups is 1. The van der Waals surface area contributed by atoms with Gasteiger partial charge in [-0.3, -0.25) is 14.6 Å². The normalized spacial score (nSPS) is 16.8. The van der Waals surface area contributed by atoms with Crippen LogP contribution in [0.25, 0.3) is 10.2 Å². The molecule has 1 aliphatic carbocycles. The summed E-state index contributed by atoms with van der Waals surface area (Å²) in [7, 11) is 0. The average molecular weight is 450 g/mol. The first-order valence-corrected chi connectivity index (χ1v) is 12.5.